The Morgan fingerprint density at radius 2 is 1.96 bits per heavy atom. The summed E-state index contributed by atoms with van der Waals surface area (Å²) in [6.45, 7) is 8.04. The number of halogens is 1. The van der Waals surface area contributed by atoms with E-state index < -0.39 is 0 Å². The molecule has 0 aromatic carbocycles. The second kappa shape index (κ2) is 6.55. The molecule has 1 aliphatic carbocycles. The molecule has 1 fully saturated rings. The van der Waals surface area contributed by atoms with Crippen LogP contribution in [0.4, 0.5) is 5.82 Å². The third-order valence-corrected chi connectivity index (χ3v) is 4.57. The molecule has 24 heavy (non-hydrogen) atoms. The third kappa shape index (κ3) is 3.18. The van der Waals surface area contributed by atoms with Crippen molar-refractivity contribution in [3.63, 3.8) is 0 Å². The second-order valence-corrected chi connectivity index (χ2v) is 7.22. The average Bonchev–Trinajstić information content (AvgIpc) is 3.30. The van der Waals surface area contributed by atoms with E-state index in [-0.39, 0.29) is 18.0 Å². The van der Waals surface area contributed by atoms with E-state index in [4.69, 9.17) is 11.6 Å². The van der Waals surface area contributed by atoms with Crippen LogP contribution in [-0.2, 0) is 0 Å². The molecular formula is C18H23ClN4O. The zero-order valence-electron chi connectivity index (χ0n) is 14.5. The standard InChI is InChI=1S/C18H23ClN4O/c1-10(2)23(11(3)4)18(24)14-15(19)13-6-5-9-20-16(13)22-17(14)21-12-7-8-12/h5-6,9-12H,7-8H2,1-4H3,(H,20,21,22). The lowest BCUT2D eigenvalue weighted by Gasteiger charge is -2.31. The number of nitrogens with one attached hydrogen (secondary N) is 1. The Morgan fingerprint density at radius 1 is 1.29 bits per heavy atom. The van der Waals surface area contributed by atoms with Gasteiger partial charge in [0, 0.05) is 29.7 Å². The topological polar surface area (TPSA) is 58.1 Å². The van der Waals surface area contributed by atoms with E-state index in [2.05, 4.69) is 15.3 Å². The van der Waals surface area contributed by atoms with Crippen LogP contribution in [-0.4, -0.2) is 38.9 Å². The Balaban J connectivity index is 2.16. The zero-order valence-corrected chi connectivity index (χ0v) is 15.3. The van der Waals surface area contributed by atoms with E-state index in [0.29, 0.717) is 33.5 Å². The first-order chi connectivity index (χ1) is 11.4. The molecule has 0 saturated heterocycles. The second-order valence-electron chi connectivity index (χ2n) is 6.84. The SMILES string of the molecule is CC(C)N(C(=O)c1c(NC2CC2)nc2ncccc2c1Cl)C(C)C. The molecular weight excluding hydrogens is 324 g/mol. The van der Waals surface area contributed by atoms with Crippen molar-refractivity contribution in [2.24, 2.45) is 0 Å². The van der Waals surface area contributed by atoms with Crippen LogP contribution in [0.2, 0.25) is 5.02 Å². The number of rotatable bonds is 5. The van der Waals surface area contributed by atoms with Crippen molar-refractivity contribution in [3.05, 3.63) is 28.9 Å². The van der Waals surface area contributed by atoms with Crippen molar-refractivity contribution >= 4 is 34.4 Å². The summed E-state index contributed by atoms with van der Waals surface area (Å²) in [6.07, 6.45) is 3.86. The number of hydrogen-bond donors (Lipinski definition) is 1. The smallest absolute Gasteiger partial charge is 0.259 e. The molecule has 2 heterocycles. The first kappa shape index (κ1) is 17.0. The molecule has 1 N–H and O–H groups in total. The van der Waals surface area contributed by atoms with Crippen molar-refractivity contribution in [3.8, 4) is 0 Å². The van der Waals surface area contributed by atoms with Crippen LogP contribution >= 0.6 is 11.6 Å². The highest BCUT2D eigenvalue weighted by atomic mass is 35.5. The maximum atomic E-state index is 13.3. The van der Waals surface area contributed by atoms with Crippen molar-refractivity contribution in [1.82, 2.24) is 14.9 Å². The highest BCUT2D eigenvalue weighted by molar-refractivity contribution is 6.39. The number of carbonyl (C=O) groups excluding carboxylic acids is 1. The van der Waals surface area contributed by atoms with Gasteiger partial charge >= 0.3 is 0 Å². The van der Waals surface area contributed by atoms with Gasteiger partial charge in [-0.2, -0.15) is 0 Å². The lowest BCUT2D eigenvalue weighted by Crippen LogP contribution is -2.42. The minimum absolute atomic E-state index is 0.0759. The van der Waals surface area contributed by atoms with Gasteiger partial charge < -0.3 is 10.2 Å². The van der Waals surface area contributed by atoms with Crippen molar-refractivity contribution in [1.29, 1.82) is 0 Å². The number of hydrogen-bond acceptors (Lipinski definition) is 4. The van der Waals surface area contributed by atoms with Gasteiger partial charge in [-0.3, -0.25) is 4.79 Å². The Kier molecular flexibility index (Phi) is 4.63. The van der Waals surface area contributed by atoms with Gasteiger partial charge in [0.2, 0.25) is 0 Å². The van der Waals surface area contributed by atoms with Crippen LogP contribution in [0.1, 0.15) is 50.9 Å². The Morgan fingerprint density at radius 3 is 2.54 bits per heavy atom. The van der Waals surface area contributed by atoms with Crippen LogP contribution in [0.3, 0.4) is 0 Å². The monoisotopic (exact) mass is 346 g/mol. The molecule has 3 rings (SSSR count). The fourth-order valence-corrected chi connectivity index (χ4v) is 3.29. The molecule has 0 unspecified atom stereocenters. The van der Waals surface area contributed by atoms with Crippen molar-refractivity contribution < 1.29 is 4.79 Å². The lowest BCUT2D eigenvalue weighted by atomic mass is 10.1. The molecule has 0 atom stereocenters. The van der Waals surface area contributed by atoms with Gasteiger partial charge in [-0.05, 0) is 52.7 Å². The predicted molar refractivity (Wildman–Crippen MR) is 97.6 cm³/mol. The van der Waals surface area contributed by atoms with Crippen molar-refractivity contribution in [2.75, 3.05) is 5.32 Å². The maximum absolute atomic E-state index is 13.3. The van der Waals surface area contributed by atoms with Gasteiger partial charge in [0.05, 0.1) is 5.02 Å². The van der Waals surface area contributed by atoms with E-state index in [1.54, 1.807) is 12.3 Å². The molecule has 128 valence electrons. The van der Waals surface area contributed by atoms with Crippen LogP contribution in [0.5, 0.6) is 0 Å². The number of carbonyl (C=O) groups is 1. The largest absolute Gasteiger partial charge is 0.367 e. The number of pyridine rings is 2. The number of fused-ring (bicyclic) bond motifs is 1. The van der Waals surface area contributed by atoms with Crippen LogP contribution in [0, 0.1) is 0 Å². The van der Waals surface area contributed by atoms with Gasteiger partial charge in [0.15, 0.2) is 5.65 Å². The minimum atomic E-state index is -0.0913. The van der Waals surface area contributed by atoms with E-state index in [0.717, 1.165) is 12.8 Å². The highest BCUT2D eigenvalue weighted by Gasteiger charge is 2.31. The van der Waals surface area contributed by atoms with Gasteiger partial charge in [-0.1, -0.05) is 11.6 Å². The molecule has 6 heteroatoms. The quantitative estimate of drug-likeness (QED) is 0.884. The van der Waals surface area contributed by atoms with E-state index in [1.165, 1.54) is 0 Å². The van der Waals surface area contributed by atoms with Crippen LogP contribution < -0.4 is 5.32 Å². The minimum Gasteiger partial charge on any atom is -0.367 e. The maximum Gasteiger partial charge on any atom is 0.259 e. The molecule has 0 aliphatic heterocycles. The molecule has 1 saturated carbocycles. The van der Waals surface area contributed by atoms with Crippen LogP contribution in [0.15, 0.2) is 18.3 Å². The number of aromatic nitrogens is 2. The highest BCUT2D eigenvalue weighted by Crippen LogP contribution is 2.34. The third-order valence-electron chi connectivity index (χ3n) is 4.18. The number of anilines is 1. The average molecular weight is 347 g/mol. The Bertz CT molecular complexity index is 763. The molecule has 1 amide bonds. The fourth-order valence-electron chi connectivity index (χ4n) is 2.97. The number of amides is 1. The molecule has 2 aromatic heterocycles. The van der Waals surface area contributed by atoms with Gasteiger partial charge in [-0.25, -0.2) is 9.97 Å². The van der Waals surface area contributed by atoms with E-state index >= 15 is 0 Å². The Hall–Kier alpha value is -1.88. The fraction of sp³-hybridized carbons (Fsp3) is 0.500. The summed E-state index contributed by atoms with van der Waals surface area (Å²) >= 11 is 6.63. The summed E-state index contributed by atoms with van der Waals surface area (Å²) in [5, 5.41) is 4.48. The number of nitrogens with zero attached hydrogens (tertiary/aromatic N) is 3. The molecule has 5 nitrogen and oxygen atoms in total. The van der Waals surface area contributed by atoms with Crippen LogP contribution in [0.25, 0.3) is 11.0 Å². The predicted octanol–water partition coefficient (Wildman–Crippen LogP) is 4.12. The molecule has 1 aliphatic rings. The summed E-state index contributed by atoms with van der Waals surface area (Å²) in [4.78, 5) is 24.0. The first-order valence-electron chi connectivity index (χ1n) is 8.43. The van der Waals surface area contributed by atoms with E-state index in [9.17, 15) is 4.79 Å². The van der Waals surface area contributed by atoms with Gasteiger partial charge in [-0.15, -0.1) is 0 Å². The summed E-state index contributed by atoms with van der Waals surface area (Å²) in [5.74, 6) is 0.455. The Labute approximate surface area is 147 Å². The normalized spacial score (nSPS) is 14.5. The lowest BCUT2D eigenvalue weighted by molar-refractivity contribution is 0.0645. The summed E-state index contributed by atoms with van der Waals surface area (Å²) in [7, 11) is 0. The summed E-state index contributed by atoms with van der Waals surface area (Å²) in [6, 6.07) is 4.18. The van der Waals surface area contributed by atoms with Crippen molar-refractivity contribution in [2.45, 2.75) is 58.7 Å². The molecule has 0 radical (unpaired) electrons. The van der Waals surface area contributed by atoms with Gasteiger partial charge in [0.25, 0.3) is 5.91 Å². The first-order valence-corrected chi connectivity index (χ1v) is 8.81. The zero-order chi connectivity index (χ0) is 17.4. The molecule has 0 bridgehead atoms. The summed E-state index contributed by atoms with van der Waals surface area (Å²) < 4.78 is 0. The molecule has 0 spiro atoms. The summed E-state index contributed by atoms with van der Waals surface area (Å²) in [5.41, 5.74) is 1.01. The van der Waals surface area contributed by atoms with Gasteiger partial charge in [0.1, 0.15) is 11.4 Å². The molecule has 2 aromatic rings. The van der Waals surface area contributed by atoms with E-state index in [1.807, 2.05) is 38.7 Å².